The third kappa shape index (κ3) is 2.72. The summed E-state index contributed by atoms with van der Waals surface area (Å²) in [6.45, 7) is 2.45. The van der Waals surface area contributed by atoms with Gasteiger partial charge in [-0.25, -0.2) is 9.79 Å². The van der Waals surface area contributed by atoms with E-state index in [1.165, 1.54) is 4.90 Å². The zero-order chi connectivity index (χ0) is 9.68. The molecule has 0 fully saturated rings. The van der Waals surface area contributed by atoms with Gasteiger partial charge in [-0.15, -0.1) is 11.8 Å². The minimum Gasteiger partial charge on any atom is -0.211 e. The van der Waals surface area contributed by atoms with Gasteiger partial charge in [0, 0.05) is 4.90 Å². The molecule has 0 aliphatic rings. The minimum absolute atomic E-state index is 0.434. The van der Waals surface area contributed by atoms with Crippen molar-refractivity contribution in [3.63, 3.8) is 0 Å². The van der Waals surface area contributed by atoms with E-state index >= 15 is 0 Å². The lowest BCUT2D eigenvalue weighted by molar-refractivity contribution is 0.562. The van der Waals surface area contributed by atoms with Gasteiger partial charge < -0.3 is 0 Å². The van der Waals surface area contributed by atoms with E-state index in [1.807, 2.05) is 19.2 Å². The molecule has 1 aromatic rings. The first kappa shape index (κ1) is 10.0. The zero-order valence-corrected chi connectivity index (χ0v) is 8.52. The van der Waals surface area contributed by atoms with Crippen LogP contribution in [0.2, 0.25) is 0 Å². The van der Waals surface area contributed by atoms with E-state index in [2.05, 4.69) is 17.1 Å². The first-order valence-electron chi connectivity index (χ1n) is 3.95. The second-order valence-electron chi connectivity index (χ2n) is 2.70. The maximum Gasteiger partial charge on any atom is 0.235 e. The first-order chi connectivity index (χ1) is 6.27. The number of aryl methyl sites for hydroxylation is 1. The summed E-state index contributed by atoms with van der Waals surface area (Å²) in [5, 5.41) is 0. The average molecular weight is 193 g/mol. The number of aliphatic imine (C=N–C) groups is 1. The summed E-state index contributed by atoms with van der Waals surface area (Å²) in [5.74, 6) is 0. The van der Waals surface area contributed by atoms with Crippen LogP contribution in [0.5, 0.6) is 0 Å². The maximum atomic E-state index is 9.95. The lowest BCUT2D eigenvalue weighted by Crippen LogP contribution is -1.87. The van der Waals surface area contributed by atoms with Crippen LogP contribution >= 0.6 is 11.8 Å². The predicted octanol–water partition coefficient (Wildman–Crippen LogP) is 2.55. The molecule has 0 heterocycles. The molecule has 1 rings (SSSR count). The molecule has 0 radical (unpaired) electrons. The van der Waals surface area contributed by atoms with Gasteiger partial charge in [-0.05, 0) is 36.4 Å². The predicted molar refractivity (Wildman–Crippen MR) is 54.8 cm³/mol. The lowest BCUT2D eigenvalue weighted by atomic mass is 10.1. The second kappa shape index (κ2) is 4.85. The molecule has 0 aliphatic heterocycles. The van der Waals surface area contributed by atoms with E-state index in [1.54, 1.807) is 17.8 Å². The lowest BCUT2D eigenvalue weighted by Gasteiger charge is -2.03. The molecule has 2 nitrogen and oxygen atoms in total. The first-order valence-corrected chi connectivity index (χ1v) is 5.17. The number of rotatable bonds is 3. The number of isocyanates is 1. The summed E-state index contributed by atoms with van der Waals surface area (Å²) in [5.41, 5.74) is 2.26. The summed E-state index contributed by atoms with van der Waals surface area (Å²) in [7, 11) is 0. The van der Waals surface area contributed by atoms with E-state index in [0.717, 1.165) is 11.1 Å². The van der Waals surface area contributed by atoms with Crippen molar-refractivity contribution in [2.24, 2.45) is 4.99 Å². The van der Waals surface area contributed by atoms with Gasteiger partial charge in [-0.1, -0.05) is 6.07 Å². The third-order valence-electron chi connectivity index (χ3n) is 1.87. The Bertz CT molecular complexity index is 343. The number of hydrogen-bond acceptors (Lipinski definition) is 3. The summed E-state index contributed by atoms with van der Waals surface area (Å²) in [4.78, 5) is 14.7. The Labute approximate surface area is 82.1 Å². The Morgan fingerprint density at radius 2 is 2.31 bits per heavy atom. The van der Waals surface area contributed by atoms with E-state index in [9.17, 15) is 4.79 Å². The topological polar surface area (TPSA) is 29.4 Å². The molecule has 3 heteroatoms. The maximum absolute atomic E-state index is 9.95. The Balaban J connectivity index is 2.96. The van der Waals surface area contributed by atoms with Gasteiger partial charge in [0.25, 0.3) is 0 Å². The number of hydrogen-bond donors (Lipinski definition) is 0. The molecule has 1 aromatic carbocycles. The van der Waals surface area contributed by atoms with Crippen molar-refractivity contribution < 1.29 is 4.79 Å². The summed E-state index contributed by atoms with van der Waals surface area (Å²) < 4.78 is 0. The van der Waals surface area contributed by atoms with E-state index in [4.69, 9.17) is 0 Å². The van der Waals surface area contributed by atoms with Crippen molar-refractivity contribution in [2.45, 2.75) is 18.4 Å². The highest BCUT2D eigenvalue weighted by Gasteiger charge is 1.98. The van der Waals surface area contributed by atoms with Crippen LogP contribution in [0.3, 0.4) is 0 Å². The largest absolute Gasteiger partial charge is 0.235 e. The van der Waals surface area contributed by atoms with Gasteiger partial charge in [0.15, 0.2) is 0 Å². The molecule has 0 bridgehead atoms. The third-order valence-corrected chi connectivity index (χ3v) is 2.60. The second-order valence-corrected chi connectivity index (χ2v) is 3.58. The Morgan fingerprint density at radius 1 is 1.54 bits per heavy atom. The average Bonchev–Trinajstić information content (AvgIpc) is 2.17. The highest BCUT2D eigenvalue weighted by molar-refractivity contribution is 7.98. The fraction of sp³-hybridized carbons (Fsp3) is 0.300. The van der Waals surface area contributed by atoms with Crippen LogP contribution in [0.1, 0.15) is 11.1 Å². The highest BCUT2D eigenvalue weighted by atomic mass is 32.2. The van der Waals surface area contributed by atoms with Crippen molar-refractivity contribution in [1.29, 1.82) is 0 Å². The van der Waals surface area contributed by atoms with Gasteiger partial charge in [0.05, 0.1) is 6.54 Å². The monoisotopic (exact) mass is 193 g/mol. The molecule has 0 amide bonds. The summed E-state index contributed by atoms with van der Waals surface area (Å²) in [6.07, 6.45) is 3.57. The number of nitrogens with zero attached hydrogens (tertiary/aromatic N) is 1. The molecule has 0 atom stereocenters. The van der Waals surface area contributed by atoms with Crippen LogP contribution in [-0.4, -0.2) is 12.3 Å². The van der Waals surface area contributed by atoms with Gasteiger partial charge >= 0.3 is 0 Å². The zero-order valence-electron chi connectivity index (χ0n) is 7.70. The molecule has 0 unspecified atom stereocenters. The van der Waals surface area contributed by atoms with Crippen LogP contribution in [0, 0.1) is 6.92 Å². The van der Waals surface area contributed by atoms with Crippen molar-refractivity contribution in [1.82, 2.24) is 0 Å². The molecule has 0 saturated heterocycles. The Kier molecular flexibility index (Phi) is 3.74. The van der Waals surface area contributed by atoms with E-state index in [-0.39, 0.29) is 0 Å². The standard InChI is InChI=1S/C10H11NOS/c1-8-3-4-10(13-2)5-9(8)6-11-7-12/h3-5H,6H2,1-2H3. The van der Waals surface area contributed by atoms with Crippen LogP contribution in [-0.2, 0) is 11.3 Å². The quantitative estimate of drug-likeness (QED) is 0.419. The van der Waals surface area contributed by atoms with Gasteiger partial charge in [-0.2, -0.15) is 0 Å². The number of thioether (sulfide) groups is 1. The molecular weight excluding hydrogens is 182 g/mol. The molecule has 0 spiro atoms. The van der Waals surface area contributed by atoms with Crippen molar-refractivity contribution in [2.75, 3.05) is 6.26 Å². The Hall–Kier alpha value is -1.05. The molecule has 13 heavy (non-hydrogen) atoms. The minimum atomic E-state index is 0.434. The molecule has 0 N–H and O–H groups in total. The molecule has 68 valence electrons. The van der Waals surface area contributed by atoms with Crippen molar-refractivity contribution in [3.05, 3.63) is 29.3 Å². The number of carbonyl (C=O) groups excluding carboxylic acids is 1. The van der Waals surface area contributed by atoms with Crippen molar-refractivity contribution in [3.8, 4) is 0 Å². The number of benzene rings is 1. The smallest absolute Gasteiger partial charge is 0.211 e. The van der Waals surface area contributed by atoms with Gasteiger partial charge in [-0.3, -0.25) is 0 Å². The Morgan fingerprint density at radius 3 is 2.92 bits per heavy atom. The van der Waals surface area contributed by atoms with E-state index < -0.39 is 0 Å². The molecular formula is C10H11NOS. The summed E-state index contributed by atoms with van der Waals surface area (Å²) >= 11 is 1.68. The van der Waals surface area contributed by atoms with Crippen LogP contribution < -0.4 is 0 Å². The summed E-state index contributed by atoms with van der Waals surface area (Å²) in [6, 6.07) is 6.16. The molecule has 0 aliphatic carbocycles. The fourth-order valence-electron chi connectivity index (χ4n) is 1.06. The molecule has 0 aromatic heterocycles. The molecule has 0 saturated carbocycles. The van der Waals surface area contributed by atoms with Crippen LogP contribution in [0.15, 0.2) is 28.1 Å². The van der Waals surface area contributed by atoms with E-state index in [0.29, 0.717) is 6.54 Å². The highest BCUT2D eigenvalue weighted by Crippen LogP contribution is 2.19. The SMILES string of the molecule is CSc1ccc(C)c(CN=C=O)c1. The van der Waals surface area contributed by atoms with Gasteiger partial charge in [0.2, 0.25) is 6.08 Å². The van der Waals surface area contributed by atoms with Gasteiger partial charge in [0.1, 0.15) is 0 Å². The fourth-order valence-corrected chi connectivity index (χ4v) is 1.53. The van der Waals surface area contributed by atoms with Crippen LogP contribution in [0.4, 0.5) is 0 Å². The normalized spacial score (nSPS) is 9.38. The van der Waals surface area contributed by atoms with Crippen molar-refractivity contribution >= 4 is 17.8 Å². The van der Waals surface area contributed by atoms with Crippen LogP contribution in [0.25, 0.3) is 0 Å².